The third-order valence-electron chi connectivity index (χ3n) is 2.20. The Kier molecular flexibility index (Phi) is 5.76. The van der Waals surface area contributed by atoms with Crippen LogP contribution in [0.1, 0.15) is 20.3 Å². The zero-order valence-electron chi connectivity index (χ0n) is 10.0. The minimum Gasteiger partial charge on any atom is -0.480 e. The van der Waals surface area contributed by atoms with Gasteiger partial charge in [-0.2, -0.15) is 0 Å². The smallest absolute Gasteiger partial charge is 0.327 e. The molecular weight excluding hydrogens is 264 g/mol. The van der Waals surface area contributed by atoms with Crippen LogP contribution in [0.25, 0.3) is 0 Å². The van der Waals surface area contributed by atoms with Gasteiger partial charge in [0.2, 0.25) is 11.8 Å². The molecule has 2 unspecified atom stereocenters. The average molecular weight is 280 g/mol. The van der Waals surface area contributed by atoms with Crippen LogP contribution in [-0.4, -0.2) is 48.4 Å². The summed E-state index contributed by atoms with van der Waals surface area (Å²) in [6, 6.07) is -1.60. The van der Waals surface area contributed by atoms with E-state index in [9.17, 15) is 22.8 Å². The van der Waals surface area contributed by atoms with Crippen molar-refractivity contribution in [3.05, 3.63) is 0 Å². The van der Waals surface area contributed by atoms with Crippen molar-refractivity contribution in [3.63, 3.8) is 0 Å². The van der Waals surface area contributed by atoms with Crippen LogP contribution in [0.2, 0.25) is 0 Å². The summed E-state index contributed by atoms with van der Waals surface area (Å²) in [4.78, 5) is 32.5. The SMILES string of the molecule is CCC(C(N)=O)S(=O)(=O)CC(NC(C)=O)C(=O)O. The lowest BCUT2D eigenvalue weighted by Gasteiger charge is -2.17. The van der Waals surface area contributed by atoms with E-state index in [1.807, 2.05) is 5.32 Å². The van der Waals surface area contributed by atoms with E-state index in [-0.39, 0.29) is 6.42 Å². The van der Waals surface area contributed by atoms with Crippen molar-refractivity contribution >= 4 is 27.6 Å². The molecule has 0 aliphatic heterocycles. The number of sulfone groups is 1. The van der Waals surface area contributed by atoms with Gasteiger partial charge >= 0.3 is 5.97 Å². The number of hydrogen-bond donors (Lipinski definition) is 3. The Hall–Kier alpha value is -1.64. The van der Waals surface area contributed by atoms with E-state index >= 15 is 0 Å². The number of nitrogens with two attached hydrogens (primary N) is 1. The number of hydrogen-bond acceptors (Lipinski definition) is 5. The minimum atomic E-state index is -4.03. The van der Waals surface area contributed by atoms with Gasteiger partial charge < -0.3 is 16.2 Å². The maximum atomic E-state index is 11.8. The van der Waals surface area contributed by atoms with Crippen LogP contribution in [0.4, 0.5) is 0 Å². The van der Waals surface area contributed by atoms with E-state index in [1.54, 1.807) is 0 Å². The quantitative estimate of drug-likeness (QED) is 0.504. The topological polar surface area (TPSA) is 144 Å². The molecule has 0 aromatic carbocycles. The summed E-state index contributed by atoms with van der Waals surface area (Å²) in [6.07, 6.45) is -0.0515. The highest BCUT2D eigenvalue weighted by Gasteiger charge is 2.34. The standard InChI is InChI=1S/C9H16N2O6S/c1-3-7(8(10)13)18(16,17)4-6(9(14)15)11-5(2)12/h6-7H,3-4H2,1-2H3,(H2,10,13)(H,11,12)(H,14,15). The molecule has 0 saturated carbocycles. The fourth-order valence-electron chi connectivity index (χ4n) is 1.40. The molecule has 8 nitrogen and oxygen atoms in total. The van der Waals surface area contributed by atoms with Crippen molar-refractivity contribution in [2.24, 2.45) is 5.73 Å². The lowest BCUT2D eigenvalue weighted by molar-refractivity contribution is -0.140. The molecule has 4 N–H and O–H groups in total. The Morgan fingerprint density at radius 1 is 1.33 bits per heavy atom. The van der Waals surface area contributed by atoms with Gasteiger partial charge in [0.25, 0.3) is 0 Å². The van der Waals surface area contributed by atoms with E-state index < -0.39 is 44.7 Å². The van der Waals surface area contributed by atoms with Gasteiger partial charge in [0.05, 0.1) is 5.75 Å². The molecule has 0 aromatic heterocycles. The van der Waals surface area contributed by atoms with Crippen molar-refractivity contribution in [1.29, 1.82) is 0 Å². The van der Waals surface area contributed by atoms with Crippen molar-refractivity contribution < 1.29 is 27.9 Å². The summed E-state index contributed by atoms with van der Waals surface area (Å²) in [7, 11) is -4.03. The van der Waals surface area contributed by atoms with E-state index in [0.717, 1.165) is 6.92 Å². The molecule has 0 bridgehead atoms. The summed E-state index contributed by atoms with van der Waals surface area (Å²) in [5, 5.41) is 9.32. The summed E-state index contributed by atoms with van der Waals surface area (Å²) >= 11 is 0. The van der Waals surface area contributed by atoms with Gasteiger partial charge in [-0.1, -0.05) is 6.92 Å². The number of rotatable bonds is 7. The highest BCUT2D eigenvalue weighted by Crippen LogP contribution is 2.08. The minimum absolute atomic E-state index is 0.0515. The first-order chi connectivity index (χ1) is 8.11. The Labute approximate surface area is 104 Å². The summed E-state index contributed by atoms with van der Waals surface area (Å²) in [5.74, 6) is -4.08. The number of carbonyl (C=O) groups excluding carboxylic acids is 2. The molecule has 0 heterocycles. The first kappa shape index (κ1) is 16.4. The summed E-state index contributed by atoms with van der Waals surface area (Å²) < 4.78 is 23.6. The van der Waals surface area contributed by atoms with Crippen molar-refractivity contribution in [3.8, 4) is 0 Å². The van der Waals surface area contributed by atoms with Gasteiger partial charge in [-0.15, -0.1) is 0 Å². The number of amides is 2. The number of carbonyl (C=O) groups is 3. The van der Waals surface area contributed by atoms with Crippen LogP contribution >= 0.6 is 0 Å². The monoisotopic (exact) mass is 280 g/mol. The Morgan fingerprint density at radius 3 is 2.11 bits per heavy atom. The van der Waals surface area contributed by atoms with Crippen LogP contribution in [0.3, 0.4) is 0 Å². The molecule has 0 aromatic rings. The molecule has 18 heavy (non-hydrogen) atoms. The second kappa shape index (κ2) is 6.34. The van der Waals surface area contributed by atoms with Crippen LogP contribution in [0.5, 0.6) is 0 Å². The Balaban J connectivity index is 5.07. The molecule has 0 radical (unpaired) electrons. The van der Waals surface area contributed by atoms with Crippen LogP contribution in [-0.2, 0) is 24.2 Å². The van der Waals surface area contributed by atoms with E-state index in [4.69, 9.17) is 10.8 Å². The first-order valence-corrected chi connectivity index (χ1v) is 6.84. The van der Waals surface area contributed by atoms with Crippen molar-refractivity contribution in [1.82, 2.24) is 5.32 Å². The molecule has 0 aliphatic rings. The number of nitrogens with one attached hydrogen (secondary N) is 1. The lowest BCUT2D eigenvalue weighted by atomic mass is 10.3. The molecule has 9 heteroatoms. The zero-order valence-corrected chi connectivity index (χ0v) is 10.9. The summed E-state index contributed by atoms with van der Waals surface area (Å²) in [6.45, 7) is 2.51. The number of aliphatic carboxylic acids is 1. The average Bonchev–Trinajstić information content (AvgIpc) is 2.14. The largest absolute Gasteiger partial charge is 0.480 e. The van der Waals surface area contributed by atoms with Crippen LogP contribution < -0.4 is 11.1 Å². The molecular formula is C9H16N2O6S. The zero-order chi connectivity index (χ0) is 14.5. The van der Waals surface area contributed by atoms with Gasteiger partial charge in [0, 0.05) is 6.92 Å². The fourth-order valence-corrected chi connectivity index (χ4v) is 3.19. The Bertz CT molecular complexity index is 444. The molecule has 0 rings (SSSR count). The number of carboxylic acid groups (broad SMARTS) is 1. The van der Waals surface area contributed by atoms with Gasteiger partial charge in [-0.25, -0.2) is 13.2 Å². The summed E-state index contributed by atoms with van der Waals surface area (Å²) in [5.41, 5.74) is 4.93. The molecule has 2 atom stereocenters. The third-order valence-corrected chi connectivity index (χ3v) is 4.43. The lowest BCUT2D eigenvalue weighted by Crippen LogP contribution is -2.48. The maximum absolute atomic E-state index is 11.8. The van der Waals surface area contributed by atoms with Gasteiger partial charge in [-0.3, -0.25) is 9.59 Å². The molecule has 0 fully saturated rings. The third kappa shape index (κ3) is 4.70. The number of primary amides is 1. The Morgan fingerprint density at radius 2 is 1.83 bits per heavy atom. The van der Waals surface area contributed by atoms with Crippen LogP contribution in [0.15, 0.2) is 0 Å². The fraction of sp³-hybridized carbons (Fsp3) is 0.667. The van der Waals surface area contributed by atoms with E-state index in [2.05, 4.69) is 0 Å². The van der Waals surface area contributed by atoms with Gasteiger partial charge in [0.15, 0.2) is 9.84 Å². The second-order valence-electron chi connectivity index (χ2n) is 3.72. The highest BCUT2D eigenvalue weighted by molar-refractivity contribution is 7.92. The van der Waals surface area contributed by atoms with Gasteiger partial charge in [-0.05, 0) is 6.42 Å². The maximum Gasteiger partial charge on any atom is 0.327 e. The van der Waals surface area contributed by atoms with Gasteiger partial charge in [0.1, 0.15) is 11.3 Å². The number of carboxylic acids is 1. The normalized spacial score (nSPS) is 14.6. The molecule has 104 valence electrons. The predicted octanol–water partition coefficient (Wildman–Crippen LogP) is -1.75. The molecule has 0 saturated heterocycles. The first-order valence-electron chi connectivity index (χ1n) is 5.12. The van der Waals surface area contributed by atoms with Crippen molar-refractivity contribution in [2.45, 2.75) is 31.6 Å². The molecule has 0 aliphatic carbocycles. The highest BCUT2D eigenvalue weighted by atomic mass is 32.2. The molecule has 2 amide bonds. The second-order valence-corrected chi connectivity index (χ2v) is 5.95. The van der Waals surface area contributed by atoms with E-state index in [1.165, 1.54) is 6.92 Å². The predicted molar refractivity (Wildman–Crippen MR) is 62.3 cm³/mol. The van der Waals surface area contributed by atoms with E-state index in [0.29, 0.717) is 0 Å². The molecule has 0 spiro atoms. The van der Waals surface area contributed by atoms with Crippen LogP contribution in [0, 0.1) is 0 Å². The van der Waals surface area contributed by atoms with Crippen molar-refractivity contribution in [2.75, 3.05) is 5.75 Å².